The second-order valence-corrected chi connectivity index (χ2v) is 30.7. The standard InChI is InChI=1S/C77H150O17P2/c1-5-9-13-17-21-25-29-33-34-35-36-40-42-46-50-54-58-62-75(80)88-68-73(94-77(82)64-60-56-52-48-44-39-32-28-24-20-16-12-8-4)70-92-96(85,86)90-66-71(78)65-89-95(83,84)91-69-72(93-76(81)63-59-55-51-47-43-38-31-27-23-19-15-11-7-3)67-87-74(79)61-57-53-49-45-41-37-30-26-22-18-14-10-6-2/h71-73,78H,5-70H2,1-4H3,(H,83,84)(H,85,86)/t71-,72+,73+/m0/s1. The third kappa shape index (κ3) is 70.5. The molecule has 0 radical (unpaired) electrons. The predicted octanol–water partition coefficient (Wildman–Crippen LogP) is 23.0. The van der Waals surface area contributed by atoms with E-state index < -0.39 is 97.5 Å². The summed E-state index contributed by atoms with van der Waals surface area (Å²) in [6.45, 7) is 5.01. The highest BCUT2D eigenvalue weighted by atomic mass is 31.2. The number of ether oxygens (including phenoxy) is 4. The minimum atomic E-state index is -4.96. The first-order valence-corrected chi connectivity index (χ1v) is 43.3. The molecule has 17 nitrogen and oxygen atoms in total. The van der Waals surface area contributed by atoms with E-state index in [0.29, 0.717) is 25.7 Å². The zero-order chi connectivity index (χ0) is 70.4. The highest BCUT2D eigenvalue weighted by molar-refractivity contribution is 7.47. The Balaban J connectivity index is 5.24. The number of hydrogen-bond acceptors (Lipinski definition) is 15. The third-order valence-electron chi connectivity index (χ3n) is 18.1. The first kappa shape index (κ1) is 94.1. The number of hydrogen-bond donors (Lipinski definition) is 3. The molecule has 0 amide bonds. The summed E-state index contributed by atoms with van der Waals surface area (Å²) < 4.78 is 68.6. The van der Waals surface area contributed by atoms with Gasteiger partial charge in [0.05, 0.1) is 26.4 Å². The molecule has 0 aliphatic heterocycles. The molecule has 3 N–H and O–H groups in total. The summed E-state index contributed by atoms with van der Waals surface area (Å²) in [6.07, 6.45) is 62.2. The summed E-state index contributed by atoms with van der Waals surface area (Å²) in [4.78, 5) is 72.9. The quantitative estimate of drug-likeness (QED) is 0.0222. The van der Waals surface area contributed by atoms with Crippen LogP contribution in [-0.4, -0.2) is 96.7 Å². The van der Waals surface area contributed by atoms with Crippen molar-refractivity contribution in [2.45, 2.75) is 431 Å². The third-order valence-corrected chi connectivity index (χ3v) is 20.0. The second kappa shape index (κ2) is 71.5. The van der Waals surface area contributed by atoms with Gasteiger partial charge in [-0.25, -0.2) is 9.13 Å². The summed E-state index contributed by atoms with van der Waals surface area (Å²) in [7, 11) is -9.91. The van der Waals surface area contributed by atoms with Gasteiger partial charge < -0.3 is 33.8 Å². The van der Waals surface area contributed by atoms with Crippen molar-refractivity contribution in [3.8, 4) is 0 Å². The number of rotatable bonds is 78. The fraction of sp³-hybridized carbons (Fsp3) is 0.948. The van der Waals surface area contributed by atoms with Crippen LogP contribution >= 0.6 is 15.6 Å². The van der Waals surface area contributed by atoms with Crippen LogP contribution in [0.25, 0.3) is 0 Å². The summed E-state index contributed by atoms with van der Waals surface area (Å²) in [5.41, 5.74) is 0. The molecule has 0 fully saturated rings. The number of aliphatic hydroxyl groups excluding tert-OH is 1. The van der Waals surface area contributed by atoms with Gasteiger partial charge in [0.15, 0.2) is 12.2 Å². The number of carbonyl (C=O) groups excluding carboxylic acids is 4. The lowest BCUT2D eigenvalue weighted by molar-refractivity contribution is -0.161. The van der Waals surface area contributed by atoms with Gasteiger partial charge >= 0.3 is 39.5 Å². The average Bonchev–Trinajstić information content (AvgIpc) is 3.12. The first-order chi connectivity index (χ1) is 46.7. The topological polar surface area (TPSA) is 237 Å². The van der Waals surface area contributed by atoms with Crippen LogP contribution < -0.4 is 0 Å². The molecule has 0 aliphatic rings. The van der Waals surface area contributed by atoms with Gasteiger partial charge in [0, 0.05) is 25.7 Å². The lowest BCUT2D eigenvalue weighted by atomic mass is 10.0. The Morgan fingerprint density at radius 1 is 0.250 bits per heavy atom. The maximum absolute atomic E-state index is 13.1. The molecule has 19 heteroatoms. The Bertz CT molecular complexity index is 1830. The number of carbonyl (C=O) groups is 4. The molecule has 0 saturated carbocycles. The molecule has 0 aromatic rings. The Hall–Kier alpha value is -1.94. The minimum absolute atomic E-state index is 0.109. The Morgan fingerprint density at radius 2 is 0.417 bits per heavy atom. The van der Waals surface area contributed by atoms with Crippen LogP contribution in [-0.2, 0) is 65.4 Å². The number of esters is 4. The van der Waals surface area contributed by atoms with E-state index in [1.54, 1.807) is 0 Å². The van der Waals surface area contributed by atoms with Crippen molar-refractivity contribution >= 4 is 39.5 Å². The fourth-order valence-corrected chi connectivity index (χ4v) is 13.5. The molecule has 0 spiro atoms. The SMILES string of the molecule is CCCCCCCCCCCCCCCCCCCC(=O)OC[C@H](COP(=O)(O)OC[C@@H](O)COP(=O)(O)OC[C@@H](COC(=O)CCCCCCCCCCCCCCC)OC(=O)CCCCCCCCCCCCCCC)OC(=O)CCCCCCCCCCCCCCC. The highest BCUT2D eigenvalue weighted by Crippen LogP contribution is 2.45. The smallest absolute Gasteiger partial charge is 0.462 e. The molecule has 0 bridgehead atoms. The molecule has 0 aliphatic carbocycles. The van der Waals surface area contributed by atoms with Crippen LogP contribution in [0.2, 0.25) is 0 Å². The molecular weight excluding hydrogens is 1260 g/mol. The molecule has 0 aromatic carbocycles. The number of phosphoric acid groups is 2. The van der Waals surface area contributed by atoms with Crippen molar-refractivity contribution in [1.82, 2.24) is 0 Å². The molecule has 570 valence electrons. The summed E-state index contributed by atoms with van der Waals surface area (Å²) >= 11 is 0. The van der Waals surface area contributed by atoms with Gasteiger partial charge in [-0.15, -0.1) is 0 Å². The molecule has 0 saturated heterocycles. The summed E-state index contributed by atoms with van der Waals surface area (Å²) in [6, 6.07) is 0. The van der Waals surface area contributed by atoms with Crippen LogP contribution in [0.15, 0.2) is 0 Å². The van der Waals surface area contributed by atoms with Gasteiger partial charge in [0.2, 0.25) is 0 Å². The predicted molar refractivity (Wildman–Crippen MR) is 391 cm³/mol. The van der Waals surface area contributed by atoms with Crippen LogP contribution in [0.4, 0.5) is 0 Å². The zero-order valence-electron chi connectivity index (χ0n) is 62.4. The van der Waals surface area contributed by atoms with E-state index in [0.717, 1.165) is 89.9 Å². The largest absolute Gasteiger partial charge is 0.472 e. The van der Waals surface area contributed by atoms with Crippen molar-refractivity contribution in [3.05, 3.63) is 0 Å². The molecular formula is C77H150O17P2. The monoisotopic (exact) mass is 1410 g/mol. The van der Waals surface area contributed by atoms with Crippen molar-refractivity contribution in [3.63, 3.8) is 0 Å². The van der Waals surface area contributed by atoms with Crippen LogP contribution in [0, 0.1) is 0 Å². The van der Waals surface area contributed by atoms with E-state index in [9.17, 15) is 43.2 Å². The van der Waals surface area contributed by atoms with Gasteiger partial charge in [-0.05, 0) is 25.7 Å². The van der Waals surface area contributed by atoms with Crippen LogP contribution in [0.3, 0.4) is 0 Å². The molecule has 96 heavy (non-hydrogen) atoms. The van der Waals surface area contributed by atoms with Crippen molar-refractivity contribution < 1.29 is 80.2 Å². The fourth-order valence-electron chi connectivity index (χ4n) is 11.9. The number of phosphoric ester groups is 2. The maximum atomic E-state index is 13.1. The molecule has 5 atom stereocenters. The van der Waals surface area contributed by atoms with Gasteiger partial charge in [-0.2, -0.15) is 0 Å². The lowest BCUT2D eigenvalue weighted by Gasteiger charge is -2.21. The summed E-state index contributed by atoms with van der Waals surface area (Å²) in [5.74, 6) is -2.11. The minimum Gasteiger partial charge on any atom is -0.462 e. The molecule has 0 rings (SSSR count). The van der Waals surface area contributed by atoms with E-state index >= 15 is 0 Å². The van der Waals surface area contributed by atoms with Crippen molar-refractivity contribution in [2.75, 3.05) is 39.6 Å². The Kier molecular flexibility index (Phi) is 70.0. The number of aliphatic hydroxyl groups is 1. The van der Waals surface area contributed by atoms with E-state index in [4.69, 9.17) is 37.0 Å². The molecule has 2 unspecified atom stereocenters. The van der Waals surface area contributed by atoms with Gasteiger partial charge in [0.1, 0.15) is 19.3 Å². The van der Waals surface area contributed by atoms with Crippen LogP contribution in [0.5, 0.6) is 0 Å². The molecule has 0 aromatic heterocycles. The van der Waals surface area contributed by atoms with Gasteiger partial charge in [-0.1, -0.05) is 362 Å². The van der Waals surface area contributed by atoms with Gasteiger partial charge in [0.25, 0.3) is 0 Å². The zero-order valence-corrected chi connectivity index (χ0v) is 64.1. The Morgan fingerprint density at radius 3 is 0.615 bits per heavy atom. The number of unbranched alkanes of at least 4 members (excludes halogenated alkanes) is 52. The van der Waals surface area contributed by atoms with Crippen LogP contribution in [0.1, 0.15) is 413 Å². The molecule has 0 heterocycles. The average molecular weight is 1410 g/mol. The van der Waals surface area contributed by atoms with Crippen molar-refractivity contribution in [1.29, 1.82) is 0 Å². The van der Waals surface area contributed by atoms with E-state index in [2.05, 4.69) is 27.7 Å². The highest BCUT2D eigenvalue weighted by Gasteiger charge is 2.30. The summed E-state index contributed by atoms with van der Waals surface area (Å²) in [5, 5.41) is 10.6. The van der Waals surface area contributed by atoms with E-state index in [-0.39, 0.29) is 25.7 Å². The van der Waals surface area contributed by atoms with Crippen molar-refractivity contribution in [2.24, 2.45) is 0 Å². The Labute approximate surface area is 588 Å². The first-order valence-electron chi connectivity index (χ1n) is 40.3. The normalized spacial score (nSPS) is 13.9. The lowest BCUT2D eigenvalue weighted by Crippen LogP contribution is -2.30. The second-order valence-electron chi connectivity index (χ2n) is 27.7. The maximum Gasteiger partial charge on any atom is 0.472 e. The van der Waals surface area contributed by atoms with Gasteiger partial charge in [-0.3, -0.25) is 37.3 Å². The van der Waals surface area contributed by atoms with E-state index in [1.807, 2.05) is 0 Å². The van der Waals surface area contributed by atoms with E-state index in [1.165, 1.54) is 244 Å².